The molecule has 3 rings (SSSR count). The third kappa shape index (κ3) is 3.05. The molecule has 2 N–H and O–H groups in total. The Kier molecular flexibility index (Phi) is 4.50. The molecule has 0 bridgehead atoms. The number of rotatable bonds is 3. The molecular weight excluding hydrogens is 334 g/mol. The summed E-state index contributed by atoms with van der Waals surface area (Å²) in [4.78, 5) is 29.5. The van der Waals surface area contributed by atoms with E-state index in [2.05, 4.69) is 20.9 Å². The first-order chi connectivity index (χ1) is 12.3. The highest BCUT2D eigenvalue weighted by Crippen LogP contribution is 2.24. The van der Waals surface area contributed by atoms with Crippen molar-refractivity contribution >= 4 is 22.8 Å². The predicted molar refractivity (Wildman–Crippen MR) is 95.7 cm³/mol. The average Bonchev–Trinajstić information content (AvgIpc) is 3.15. The molecule has 0 spiro atoms. The zero-order chi connectivity index (χ0) is 19.0. The summed E-state index contributed by atoms with van der Waals surface area (Å²) in [5.74, 6) is -0.246. The highest BCUT2D eigenvalue weighted by atomic mass is 16.3. The smallest absolute Gasteiger partial charge is 0.273 e. The molecular formula is C18H21N5O3. The van der Waals surface area contributed by atoms with Crippen molar-refractivity contribution in [1.82, 2.24) is 25.6 Å². The van der Waals surface area contributed by atoms with Gasteiger partial charge in [0.25, 0.3) is 11.8 Å². The fourth-order valence-electron chi connectivity index (χ4n) is 2.81. The minimum Gasteiger partial charge on any atom is -0.469 e. The monoisotopic (exact) mass is 355 g/mol. The van der Waals surface area contributed by atoms with Gasteiger partial charge in [0.15, 0.2) is 5.65 Å². The third-order valence-electron chi connectivity index (χ3n) is 4.22. The molecule has 3 aromatic rings. The van der Waals surface area contributed by atoms with Gasteiger partial charge in [-0.05, 0) is 31.9 Å². The minimum absolute atomic E-state index is 0.143. The number of hydrogen-bond acceptors (Lipinski definition) is 5. The highest BCUT2D eigenvalue weighted by Gasteiger charge is 2.20. The highest BCUT2D eigenvalue weighted by molar-refractivity contribution is 6.07. The first-order valence-electron chi connectivity index (χ1n) is 8.28. The number of nitrogens with one attached hydrogen (secondary N) is 2. The van der Waals surface area contributed by atoms with Crippen LogP contribution >= 0.6 is 0 Å². The van der Waals surface area contributed by atoms with Crippen molar-refractivity contribution in [3.05, 3.63) is 46.7 Å². The average molecular weight is 355 g/mol. The molecule has 0 aliphatic heterocycles. The summed E-state index contributed by atoms with van der Waals surface area (Å²) >= 11 is 0. The van der Waals surface area contributed by atoms with E-state index in [0.717, 1.165) is 5.69 Å². The van der Waals surface area contributed by atoms with E-state index in [1.807, 2.05) is 20.8 Å². The summed E-state index contributed by atoms with van der Waals surface area (Å²) in [5, 5.41) is 5.03. The summed E-state index contributed by atoms with van der Waals surface area (Å²) in [6, 6.07) is 3.29. The van der Waals surface area contributed by atoms with E-state index in [0.29, 0.717) is 33.6 Å². The van der Waals surface area contributed by atoms with Crippen molar-refractivity contribution in [1.29, 1.82) is 0 Å². The van der Waals surface area contributed by atoms with Gasteiger partial charge in [-0.25, -0.2) is 4.98 Å². The van der Waals surface area contributed by atoms with Crippen LogP contribution in [0.3, 0.4) is 0 Å². The Labute approximate surface area is 150 Å². The molecule has 3 aromatic heterocycles. The van der Waals surface area contributed by atoms with Gasteiger partial charge in [0.2, 0.25) is 0 Å². The molecule has 0 saturated heterocycles. The van der Waals surface area contributed by atoms with Gasteiger partial charge in [-0.1, -0.05) is 13.8 Å². The Hall–Kier alpha value is -3.16. The Morgan fingerprint density at radius 3 is 2.38 bits per heavy atom. The molecule has 0 aliphatic rings. The van der Waals surface area contributed by atoms with Gasteiger partial charge < -0.3 is 4.42 Å². The lowest BCUT2D eigenvalue weighted by Crippen LogP contribution is -2.41. The number of fused-ring (bicyclic) bond motifs is 1. The minimum atomic E-state index is -0.443. The van der Waals surface area contributed by atoms with E-state index in [1.165, 1.54) is 6.26 Å². The standard InChI is InChI=1S/C18H21N5O3/c1-9(2)14-8-13(15-10(3)22-23(5)16(15)19-14)18(25)21-20-17(24)12-6-7-26-11(12)4/h6-9H,1-5H3,(H,20,24)(H,21,25). The van der Waals surface area contributed by atoms with Crippen molar-refractivity contribution in [2.24, 2.45) is 7.05 Å². The topological polar surface area (TPSA) is 102 Å². The van der Waals surface area contributed by atoms with Crippen LogP contribution in [0.2, 0.25) is 0 Å². The zero-order valence-corrected chi connectivity index (χ0v) is 15.4. The van der Waals surface area contributed by atoms with Gasteiger partial charge in [-0.3, -0.25) is 25.1 Å². The number of hydrogen-bond donors (Lipinski definition) is 2. The number of carbonyl (C=O) groups is 2. The lowest BCUT2D eigenvalue weighted by Gasteiger charge is -2.11. The van der Waals surface area contributed by atoms with Crippen LogP contribution in [0.5, 0.6) is 0 Å². The van der Waals surface area contributed by atoms with E-state index in [9.17, 15) is 9.59 Å². The van der Waals surface area contributed by atoms with Crippen molar-refractivity contribution in [2.45, 2.75) is 33.6 Å². The molecule has 0 aliphatic carbocycles. The molecule has 0 atom stereocenters. The Morgan fingerprint density at radius 1 is 1.15 bits per heavy atom. The van der Waals surface area contributed by atoms with E-state index < -0.39 is 11.8 Å². The number of pyridine rings is 1. The molecule has 0 saturated carbocycles. The van der Waals surface area contributed by atoms with Crippen LogP contribution in [0.1, 0.15) is 57.6 Å². The number of nitrogens with zero attached hydrogens (tertiary/aromatic N) is 3. The third-order valence-corrected chi connectivity index (χ3v) is 4.22. The molecule has 8 heteroatoms. The molecule has 0 fully saturated rings. The lowest BCUT2D eigenvalue weighted by atomic mass is 10.0. The van der Waals surface area contributed by atoms with Crippen molar-refractivity contribution < 1.29 is 14.0 Å². The lowest BCUT2D eigenvalue weighted by molar-refractivity contribution is 0.0846. The summed E-state index contributed by atoms with van der Waals surface area (Å²) in [7, 11) is 1.79. The Morgan fingerprint density at radius 2 is 1.81 bits per heavy atom. The normalized spacial score (nSPS) is 11.2. The second-order valence-corrected chi connectivity index (χ2v) is 6.46. The maximum Gasteiger partial charge on any atom is 0.273 e. The second-order valence-electron chi connectivity index (χ2n) is 6.46. The largest absolute Gasteiger partial charge is 0.469 e. The van der Waals surface area contributed by atoms with Crippen LogP contribution in [-0.4, -0.2) is 26.6 Å². The van der Waals surface area contributed by atoms with Crippen LogP contribution < -0.4 is 10.9 Å². The molecule has 136 valence electrons. The second kappa shape index (κ2) is 6.62. The molecule has 3 heterocycles. The quantitative estimate of drug-likeness (QED) is 0.702. The van der Waals surface area contributed by atoms with Gasteiger partial charge >= 0.3 is 0 Å². The number of furan rings is 1. The maximum atomic E-state index is 12.7. The summed E-state index contributed by atoms with van der Waals surface area (Å²) in [6.45, 7) is 7.51. The maximum absolute atomic E-state index is 12.7. The van der Waals surface area contributed by atoms with Crippen LogP contribution in [0, 0.1) is 13.8 Å². The van der Waals surface area contributed by atoms with Gasteiger partial charge in [-0.15, -0.1) is 0 Å². The summed E-state index contributed by atoms with van der Waals surface area (Å²) < 4.78 is 6.76. The fourth-order valence-corrected chi connectivity index (χ4v) is 2.81. The molecule has 26 heavy (non-hydrogen) atoms. The number of amides is 2. The van der Waals surface area contributed by atoms with Gasteiger partial charge in [0, 0.05) is 12.7 Å². The first kappa shape index (κ1) is 17.7. The molecule has 8 nitrogen and oxygen atoms in total. The summed E-state index contributed by atoms with van der Waals surface area (Å²) in [5.41, 5.74) is 7.79. The SMILES string of the molecule is Cc1occc1C(=O)NNC(=O)c1cc(C(C)C)nc2c1c(C)nn2C. The molecule has 0 unspecified atom stereocenters. The van der Waals surface area contributed by atoms with Gasteiger partial charge in [0.1, 0.15) is 5.76 Å². The van der Waals surface area contributed by atoms with Crippen LogP contribution in [0.4, 0.5) is 0 Å². The molecule has 2 amide bonds. The van der Waals surface area contributed by atoms with Crippen LogP contribution in [0.25, 0.3) is 11.0 Å². The van der Waals surface area contributed by atoms with Crippen LogP contribution in [-0.2, 0) is 7.05 Å². The molecule has 0 aromatic carbocycles. The first-order valence-corrected chi connectivity index (χ1v) is 8.28. The number of hydrazine groups is 1. The zero-order valence-electron chi connectivity index (χ0n) is 15.4. The van der Waals surface area contributed by atoms with E-state index in [1.54, 1.807) is 30.8 Å². The van der Waals surface area contributed by atoms with E-state index >= 15 is 0 Å². The Bertz CT molecular complexity index is 1000. The number of carbonyl (C=O) groups excluding carboxylic acids is 2. The molecule has 0 radical (unpaired) electrons. The fraction of sp³-hybridized carbons (Fsp3) is 0.333. The van der Waals surface area contributed by atoms with Gasteiger partial charge in [0.05, 0.1) is 28.5 Å². The van der Waals surface area contributed by atoms with Gasteiger partial charge in [-0.2, -0.15) is 5.10 Å². The Balaban J connectivity index is 1.92. The van der Waals surface area contributed by atoms with Crippen molar-refractivity contribution in [3.63, 3.8) is 0 Å². The van der Waals surface area contributed by atoms with E-state index in [4.69, 9.17) is 4.42 Å². The van der Waals surface area contributed by atoms with Crippen molar-refractivity contribution in [3.8, 4) is 0 Å². The number of aryl methyl sites for hydroxylation is 3. The number of aromatic nitrogens is 3. The van der Waals surface area contributed by atoms with Crippen LogP contribution in [0.15, 0.2) is 22.8 Å². The van der Waals surface area contributed by atoms with E-state index in [-0.39, 0.29) is 5.92 Å². The predicted octanol–water partition coefficient (Wildman–Crippen LogP) is 2.38. The van der Waals surface area contributed by atoms with Crippen molar-refractivity contribution in [2.75, 3.05) is 0 Å². The summed E-state index contributed by atoms with van der Waals surface area (Å²) in [6.07, 6.45) is 1.42.